The third-order valence-corrected chi connectivity index (χ3v) is 6.81. The van der Waals surface area contributed by atoms with Gasteiger partial charge in [-0.3, -0.25) is 14.5 Å². The molecule has 0 aliphatic carbocycles. The number of aromatic nitrogens is 2. The van der Waals surface area contributed by atoms with Gasteiger partial charge in [-0.15, -0.1) is 10.2 Å². The Kier molecular flexibility index (Phi) is 6.50. The molecule has 1 unspecified atom stereocenters. The van der Waals surface area contributed by atoms with Crippen LogP contribution in [0, 0.1) is 0 Å². The van der Waals surface area contributed by atoms with Gasteiger partial charge in [0.2, 0.25) is 11.8 Å². The molecule has 1 aliphatic heterocycles. The summed E-state index contributed by atoms with van der Waals surface area (Å²) in [6.07, 6.45) is -5.60. The summed E-state index contributed by atoms with van der Waals surface area (Å²) in [4.78, 5) is 25.4. The van der Waals surface area contributed by atoms with Crippen molar-refractivity contribution in [3.05, 3.63) is 24.3 Å². The second kappa shape index (κ2) is 8.70. The van der Waals surface area contributed by atoms with E-state index < -0.39 is 30.5 Å². The minimum atomic E-state index is -4.75. The Labute approximate surface area is 171 Å². The zero-order chi connectivity index (χ0) is 20.3. The molecule has 3 rings (SSSR count). The van der Waals surface area contributed by atoms with Crippen molar-refractivity contribution in [1.29, 1.82) is 0 Å². The second-order valence-electron chi connectivity index (χ2n) is 5.65. The van der Waals surface area contributed by atoms with Crippen molar-refractivity contribution < 1.29 is 22.8 Å². The molecule has 2 heterocycles. The molecule has 1 aromatic carbocycles. The van der Waals surface area contributed by atoms with Crippen LogP contribution in [0.5, 0.6) is 0 Å². The third kappa shape index (κ3) is 4.78. The predicted molar refractivity (Wildman–Crippen MR) is 104 cm³/mol. The number of anilines is 2. The van der Waals surface area contributed by atoms with Gasteiger partial charge in [0.15, 0.2) is 8.68 Å². The lowest BCUT2D eigenvalue weighted by atomic mass is 10.1. The second-order valence-corrected chi connectivity index (χ2v) is 9.36. The predicted octanol–water partition coefficient (Wildman–Crippen LogP) is 4.05. The number of carbonyl (C=O) groups excluding carboxylic acids is 2. The van der Waals surface area contributed by atoms with Crippen molar-refractivity contribution in [3.63, 3.8) is 0 Å². The number of para-hydroxylation sites is 2. The van der Waals surface area contributed by atoms with Crippen LogP contribution in [-0.4, -0.2) is 45.7 Å². The number of benzene rings is 1. The number of nitrogens with zero attached hydrogens (tertiary/aromatic N) is 3. The van der Waals surface area contributed by atoms with Crippen LogP contribution in [0.1, 0.15) is 13.3 Å². The zero-order valence-electron chi connectivity index (χ0n) is 14.5. The summed E-state index contributed by atoms with van der Waals surface area (Å²) in [5.41, 5.74) is 0.205. The monoisotopic (exact) mass is 448 g/mol. The molecular formula is C16H15F3N4O2S3. The summed E-state index contributed by atoms with van der Waals surface area (Å²) in [5, 5.41) is 10.3. The molecule has 1 atom stereocenters. The molecule has 12 heteroatoms. The number of halogens is 3. The molecule has 2 amide bonds. The van der Waals surface area contributed by atoms with E-state index in [1.165, 1.54) is 41.3 Å². The van der Waals surface area contributed by atoms with E-state index in [-0.39, 0.29) is 17.1 Å². The van der Waals surface area contributed by atoms with Crippen LogP contribution in [0.25, 0.3) is 0 Å². The van der Waals surface area contributed by atoms with Crippen LogP contribution in [0.4, 0.5) is 24.5 Å². The highest BCUT2D eigenvalue weighted by molar-refractivity contribution is 8.03. The van der Waals surface area contributed by atoms with Gasteiger partial charge in [-0.1, -0.05) is 53.9 Å². The van der Waals surface area contributed by atoms with Crippen LogP contribution in [-0.2, 0) is 9.59 Å². The van der Waals surface area contributed by atoms with Gasteiger partial charge in [0.25, 0.3) is 0 Å². The molecule has 0 saturated heterocycles. The van der Waals surface area contributed by atoms with Gasteiger partial charge in [-0.25, -0.2) is 0 Å². The number of hydrogen-bond donors (Lipinski definition) is 1. The smallest absolute Gasteiger partial charge is 0.324 e. The Morgan fingerprint density at radius 2 is 1.96 bits per heavy atom. The van der Waals surface area contributed by atoms with E-state index in [9.17, 15) is 22.8 Å². The van der Waals surface area contributed by atoms with Crippen molar-refractivity contribution in [2.75, 3.05) is 21.7 Å². The molecule has 1 aromatic heterocycles. The summed E-state index contributed by atoms with van der Waals surface area (Å²) in [5.74, 6) is -0.975. The number of fused-ring (bicyclic) bond motifs is 1. The number of carbonyl (C=O) groups is 2. The van der Waals surface area contributed by atoms with Gasteiger partial charge < -0.3 is 5.32 Å². The zero-order valence-corrected chi connectivity index (χ0v) is 17.0. The number of amides is 2. The molecule has 0 fully saturated rings. The largest absolute Gasteiger partial charge is 0.409 e. The first-order valence-corrected chi connectivity index (χ1v) is 10.9. The van der Waals surface area contributed by atoms with E-state index in [1.54, 1.807) is 6.07 Å². The highest BCUT2D eigenvalue weighted by atomic mass is 32.2. The molecule has 28 heavy (non-hydrogen) atoms. The maximum atomic E-state index is 13.6. The van der Waals surface area contributed by atoms with Crippen LogP contribution in [0.2, 0.25) is 0 Å². The molecular weight excluding hydrogens is 433 g/mol. The Morgan fingerprint density at radius 1 is 1.29 bits per heavy atom. The highest BCUT2D eigenvalue weighted by Gasteiger charge is 2.48. The quantitative estimate of drug-likeness (QED) is 0.696. The SMILES string of the molecule is CCSc1nnc(SCC(=O)N2c3ccccc3NC(=O)CC2C(F)(F)F)s1. The highest BCUT2D eigenvalue weighted by Crippen LogP contribution is 2.38. The summed E-state index contributed by atoms with van der Waals surface area (Å²) in [6.45, 7) is 1.96. The lowest BCUT2D eigenvalue weighted by Gasteiger charge is -2.31. The Morgan fingerprint density at radius 3 is 2.64 bits per heavy atom. The fraction of sp³-hybridized carbons (Fsp3) is 0.375. The lowest BCUT2D eigenvalue weighted by Crippen LogP contribution is -2.50. The van der Waals surface area contributed by atoms with Crippen molar-refractivity contribution in [2.45, 2.75) is 34.2 Å². The molecule has 0 spiro atoms. The Bertz CT molecular complexity index is 875. The first-order chi connectivity index (χ1) is 13.3. The maximum absolute atomic E-state index is 13.6. The Balaban J connectivity index is 1.86. The molecule has 0 radical (unpaired) electrons. The first-order valence-electron chi connectivity index (χ1n) is 8.16. The van der Waals surface area contributed by atoms with Gasteiger partial charge in [0, 0.05) is 0 Å². The Hall–Kier alpha value is -1.79. The fourth-order valence-corrected chi connectivity index (χ4v) is 5.40. The average molecular weight is 449 g/mol. The van der Waals surface area contributed by atoms with Crippen LogP contribution < -0.4 is 10.2 Å². The lowest BCUT2D eigenvalue weighted by molar-refractivity contribution is -0.157. The van der Waals surface area contributed by atoms with Gasteiger partial charge in [0.05, 0.1) is 23.5 Å². The molecule has 2 aromatic rings. The van der Waals surface area contributed by atoms with E-state index in [1.807, 2.05) is 6.92 Å². The standard InChI is InChI=1S/C16H15F3N4O2S3/c1-2-26-14-21-22-15(28-14)27-8-13(25)23-10-6-4-3-5-9(10)20-12(24)7-11(23)16(17,18)19/h3-6,11H,2,7-8H2,1H3,(H,20,24). The van der Waals surface area contributed by atoms with E-state index in [0.717, 1.165) is 21.9 Å². The number of nitrogens with one attached hydrogen (secondary N) is 1. The van der Waals surface area contributed by atoms with Crippen molar-refractivity contribution in [1.82, 2.24) is 10.2 Å². The summed E-state index contributed by atoms with van der Waals surface area (Å²) in [6, 6.07) is 3.74. The van der Waals surface area contributed by atoms with Gasteiger partial charge >= 0.3 is 6.18 Å². The number of rotatable bonds is 5. The summed E-state index contributed by atoms with van der Waals surface area (Å²) in [7, 11) is 0. The summed E-state index contributed by atoms with van der Waals surface area (Å²) < 4.78 is 42.2. The topological polar surface area (TPSA) is 75.2 Å². The molecule has 0 bridgehead atoms. The molecule has 1 aliphatic rings. The number of alkyl halides is 3. The normalized spacial score (nSPS) is 17.1. The molecule has 150 valence electrons. The number of thioether (sulfide) groups is 2. The van der Waals surface area contributed by atoms with E-state index in [2.05, 4.69) is 15.5 Å². The van der Waals surface area contributed by atoms with Crippen LogP contribution >= 0.6 is 34.9 Å². The maximum Gasteiger partial charge on any atom is 0.409 e. The van der Waals surface area contributed by atoms with Gasteiger partial charge in [0.1, 0.15) is 6.04 Å². The van der Waals surface area contributed by atoms with Gasteiger partial charge in [-0.2, -0.15) is 13.2 Å². The third-order valence-electron chi connectivity index (χ3n) is 3.75. The van der Waals surface area contributed by atoms with Gasteiger partial charge in [-0.05, 0) is 17.9 Å². The van der Waals surface area contributed by atoms with Crippen molar-refractivity contribution in [3.8, 4) is 0 Å². The minimum Gasteiger partial charge on any atom is -0.324 e. The number of hydrogen-bond acceptors (Lipinski definition) is 7. The molecule has 0 saturated carbocycles. The fourth-order valence-electron chi connectivity index (χ4n) is 2.63. The molecule has 6 nitrogen and oxygen atoms in total. The van der Waals surface area contributed by atoms with Crippen LogP contribution in [0.15, 0.2) is 32.9 Å². The van der Waals surface area contributed by atoms with Crippen molar-refractivity contribution in [2.24, 2.45) is 0 Å². The van der Waals surface area contributed by atoms with E-state index >= 15 is 0 Å². The van der Waals surface area contributed by atoms with E-state index in [0.29, 0.717) is 9.24 Å². The van der Waals surface area contributed by atoms with Crippen LogP contribution in [0.3, 0.4) is 0 Å². The van der Waals surface area contributed by atoms with Crippen molar-refractivity contribution >= 4 is 58.0 Å². The minimum absolute atomic E-state index is 0.0285. The first kappa shape index (κ1) is 20.9. The average Bonchev–Trinajstić information content (AvgIpc) is 3.01. The van der Waals surface area contributed by atoms with E-state index in [4.69, 9.17) is 0 Å². The molecule has 1 N–H and O–H groups in total. The summed E-state index contributed by atoms with van der Waals surface area (Å²) >= 11 is 3.82.